The van der Waals surface area contributed by atoms with Gasteiger partial charge in [-0.2, -0.15) is 0 Å². The predicted octanol–water partition coefficient (Wildman–Crippen LogP) is 4.79. The zero-order valence-electron chi connectivity index (χ0n) is 17.4. The van der Waals surface area contributed by atoms with Crippen molar-refractivity contribution in [1.29, 1.82) is 0 Å². The molecule has 0 radical (unpaired) electrons. The summed E-state index contributed by atoms with van der Waals surface area (Å²) in [5, 5.41) is 2.98. The molecule has 4 rings (SSSR count). The molecule has 1 fully saturated rings. The van der Waals surface area contributed by atoms with E-state index in [0.29, 0.717) is 18.0 Å². The summed E-state index contributed by atoms with van der Waals surface area (Å²) in [6.45, 7) is 7.79. The first-order valence-electron chi connectivity index (χ1n) is 10.6. The quantitative estimate of drug-likeness (QED) is 0.815. The minimum absolute atomic E-state index is 0.0599. The summed E-state index contributed by atoms with van der Waals surface area (Å²) in [6.07, 6.45) is 3.10. The van der Waals surface area contributed by atoms with Crippen molar-refractivity contribution in [3.8, 4) is 0 Å². The number of carbonyl (C=O) groups is 2. The highest BCUT2D eigenvalue weighted by molar-refractivity contribution is 6.09. The van der Waals surface area contributed by atoms with Crippen molar-refractivity contribution in [3.63, 3.8) is 0 Å². The summed E-state index contributed by atoms with van der Waals surface area (Å²) >= 11 is 0. The van der Waals surface area contributed by atoms with Crippen LogP contribution in [0.4, 0.5) is 17.1 Å². The Kier molecular flexibility index (Phi) is 5.31. The molecule has 2 aromatic carbocycles. The van der Waals surface area contributed by atoms with Crippen LogP contribution in [0.1, 0.15) is 61.9 Å². The number of hydrogen-bond donors (Lipinski definition) is 1. The third-order valence-electron chi connectivity index (χ3n) is 6.04. The fourth-order valence-electron chi connectivity index (χ4n) is 4.38. The third kappa shape index (κ3) is 3.61. The first kappa shape index (κ1) is 19.5. The maximum absolute atomic E-state index is 13.0. The average molecular weight is 392 g/mol. The molecule has 29 heavy (non-hydrogen) atoms. The van der Waals surface area contributed by atoms with Crippen LogP contribution in [0.25, 0.3) is 0 Å². The van der Waals surface area contributed by atoms with Crippen molar-refractivity contribution >= 4 is 28.9 Å². The average Bonchev–Trinajstić information content (AvgIpc) is 2.74. The van der Waals surface area contributed by atoms with E-state index < -0.39 is 0 Å². The Morgan fingerprint density at radius 1 is 1.10 bits per heavy atom. The van der Waals surface area contributed by atoms with E-state index >= 15 is 0 Å². The Balaban J connectivity index is 1.60. The van der Waals surface area contributed by atoms with Gasteiger partial charge in [0.05, 0.1) is 11.4 Å². The molecule has 2 aliphatic heterocycles. The molecule has 2 heterocycles. The van der Waals surface area contributed by atoms with Gasteiger partial charge in [0.1, 0.15) is 6.04 Å². The van der Waals surface area contributed by atoms with Crippen LogP contribution in [-0.2, 0) is 4.79 Å². The molecule has 0 bridgehead atoms. The topological polar surface area (TPSA) is 52.7 Å². The molecule has 1 atom stereocenters. The number of benzene rings is 2. The van der Waals surface area contributed by atoms with E-state index in [4.69, 9.17) is 0 Å². The van der Waals surface area contributed by atoms with E-state index in [0.717, 1.165) is 42.9 Å². The lowest BCUT2D eigenvalue weighted by Gasteiger charge is -2.45. The standard InChI is InChI=1S/C24H29N3O2/c1-4-26-22-15-18(23(28)25-19-11-8-17(9-12-19)16(2)3)10-13-20(22)27-14-6-5-7-21(27)24(26)29/h8-13,15-16,21H,4-7,14H2,1-3H3,(H,25,28). The molecule has 0 spiro atoms. The zero-order chi connectivity index (χ0) is 20.5. The van der Waals surface area contributed by atoms with Crippen molar-refractivity contribution in [3.05, 3.63) is 53.6 Å². The van der Waals surface area contributed by atoms with Crippen LogP contribution in [0.15, 0.2) is 42.5 Å². The van der Waals surface area contributed by atoms with Gasteiger partial charge in [-0.15, -0.1) is 0 Å². The van der Waals surface area contributed by atoms with Gasteiger partial charge in [0, 0.05) is 24.3 Å². The predicted molar refractivity (Wildman–Crippen MR) is 118 cm³/mol. The Labute approximate surface area is 172 Å². The SMILES string of the molecule is CCN1C(=O)C2CCCCN2c2ccc(C(=O)Nc3ccc(C(C)C)cc3)cc21. The normalized spacial score (nSPS) is 18.5. The molecule has 1 saturated heterocycles. The minimum Gasteiger partial charge on any atom is -0.358 e. The van der Waals surface area contributed by atoms with Gasteiger partial charge in [-0.3, -0.25) is 9.59 Å². The van der Waals surface area contributed by atoms with Gasteiger partial charge in [-0.1, -0.05) is 26.0 Å². The molecule has 152 valence electrons. The number of nitrogens with one attached hydrogen (secondary N) is 1. The first-order chi connectivity index (χ1) is 14.0. The number of amides is 2. The molecule has 2 aliphatic rings. The molecular formula is C24H29N3O2. The van der Waals surface area contributed by atoms with Gasteiger partial charge in [0.25, 0.3) is 5.91 Å². The van der Waals surface area contributed by atoms with Gasteiger partial charge in [-0.25, -0.2) is 0 Å². The highest BCUT2D eigenvalue weighted by Crippen LogP contribution is 2.40. The van der Waals surface area contributed by atoms with Crippen molar-refractivity contribution in [2.24, 2.45) is 0 Å². The number of rotatable bonds is 4. The molecule has 0 aliphatic carbocycles. The molecule has 2 aromatic rings. The lowest BCUT2D eigenvalue weighted by atomic mass is 9.95. The van der Waals surface area contributed by atoms with E-state index in [1.54, 1.807) is 0 Å². The number of fused-ring (bicyclic) bond motifs is 3. The Morgan fingerprint density at radius 2 is 1.86 bits per heavy atom. The number of carbonyl (C=O) groups excluding carboxylic acids is 2. The largest absolute Gasteiger partial charge is 0.358 e. The summed E-state index contributed by atoms with van der Waals surface area (Å²) in [6, 6.07) is 13.6. The first-order valence-corrected chi connectivity index (χ1v) is 10.6. The van der Waals surface area contributed by atoms with E-state index in [1.807, 2.05) is 54.3 Å². The monoisotopic (exact) mass is 391 g/mol. The van der Waals surface area contributed by atoms with Crippen molar-refractivity contribution in [2.75, 3.05) is 28.2 Å². The smallest absolute Gasteiger partial charge is 0.255 e. The van der Waals surface area contributed by atoms with E-state index in [9.17, 15) is 9.59 Å². The second kappa shape index (κ2) is 7.90. The number of piperidine rings is 1. The second-order valence-corrected chi connectivity index (χ2v) is 8.22. The number of likely N-dealkylation sites (N-methyl/N-ethyl adjacent to an activating group) is 1. The molecule has 5 heteroatoms. The fourth-order valence-corrected chi connectivity index (χ4v) is 4.38. The summed E-state index contributed by atoms with van der Waals surface area (Å²) in [5.41, 5.74) is 4.49. The fraction of sp³-hybridized carbons (Fsp3) is 0.417. The maximum Gasteiger partial charge on any atom is 0.255 e. The van der Waals surface area contributed by atoms with Gasteiger partial charge < -0.3 is 15.1 Å². The van der Waals surface area contributed by atoms with E-state index in [-0.39, 0.29) is 17.9 Å². The van der Waals surface area contributed by atoms with Gasteiger partial charge in [-0.05, 0) is 68.0 Å². The Bertz CT molecular complexity index is 920. The van der Waals surface area contributed by atoms with Crippen molar-refractivity contribution < 1.29 is 9.59 Å². The van der Waals surface area contributed by atoms with Crippen molar-refractivity contribution in [2.45, 2.75) is 52.0 Å². The summed E-state index contributed by atoms with van der Waals surface area (Å²) < 4.78 is 0. The van der Waals surface area contributed by atoms with Crippen molar-refractivity contribution in [1.82, 2.24) is 0 Å². The molecular weight excluding hydrogens is 362 g/mol. The van der Waals surface area contributed by atoms with Crippen LogP contribution in [0.5, 0.6) is 0 Å². The number of hydrogen-bond acceptors (Lipinski definition) is 3. The van der Waals surface area contributed by atoms with E-state index in [2.05, 4.69) is 24.1 Å². The summed E-state index contributed by atoms with van der Waals surface area (Å²) in [5.74, 6) is 0.451. The van der Waals surface area contributed by atoms with Gasteiger partial charge in [0.2, 0.25) is 5.91 Å². The lowest BCUT2D eigenvalue weighted by Crippen LogP contribution is -2.55. The zero-order valence-corrected chi connectivity index (χ0v) is 17.4. The second-order valence-electron chi connectivity index (χ2n) is 8.22. The number of nitrogens with zero attached hydrogens (tertiary/aromatic N) is 2. The molecule has 0 aromatic heterocycles. The minimum atomic E-state index is -0.158. The van der Waals surface area contributed by atoms with Crippen LogP contribution in [0, 0.1) is 0 Å². The third-order valence-corrected chi connectivity index (χ3v) is 6.04. The highest BCUT2D eigenvalue weighted by atomic mass is 16.2. The molecule has 1 unspecified atom stereocenters. The van der Waals surface area contributed by atoms with Crippen LogP contribution >= 0.6 is 0 Å². The van der Waals surface area contributed by atoms with Gasteiger partial charge in [0.15, 0.2) is 0 Å². The Morgan fingerprint density at radius 3 is 2.55 bits per heavy atom. The summed E-state index contributed by atoms with van der Waals surface area (Å²) in [4.78, 5) is 29.9. The highest BCUT2D eigenvalue weighted by Gasteiger charge is 2.38. The Hall–Kier alpha value is -2.82. The van der Waals surface area contributed by atoms with Crippen LogP contribution in [0.3, 0.4) is 0 Å². The molecule has 5 nitrogen and oxygen atoms in total. The van der Waals surface area contributed by atoms with Crippen LogP contribution < -0.4 is 15.1 Å². The van der Waals surface area contributed by atoms with Gasteiger partial charge >= 0.3 is 0 Å². The number of anilines is 3. The maximum atomic E-state index is 13.0. The molecule has 2 amide bonds. The summed E-state index contributed by atoms with van der Waals surface area (Å²) in [7, 11) is 0. The molecule has 0 saturated carbocycles. The lowest BCUT2D eigenvalue weighted by molar-refractivity contribution is -0.120. The van der Waals surface area contributed by atoms with Crippen LogP contribution in [-0.4, -0.2) is 30.9 Å². The molecule has 1 N–H and O–H groups in total. The van der Waals surface area contributed by atoms with Crippen LogP contribution in [0.2, 0.25) is 0 Å². The van der Waals surface area contributed by atoms with E-state index in [1.165, 1.54) is 5.56 Å².